The van der Waals surface area contributed by atoms with Crippen LogP contribution in [0.15, 0.2) is 79.4 Å². The summed E-state index contributed by atoms with van der Waals surface area (Å²) < 4.78 is 0. The van der Waals surface area contributed by atoms with Crippen molar-refractivity contribution in [3.63, 3.8) is 0 Å². The van der Waals surface area contributed by atoms with Gasteiger partial charge in [-0.3, -0.25) is 0 Å². The van der Waals surface area contributed by atoms with Gasteiger partial charge in [-0.2, -0.15) is 0 Å². The maximum atomic E-state index is 3.71. The van der Waals surface area contributed by atoms with E-state index in [9.17, 15) is 0 Å². The molecular weight excluding hydrogens is 228 g/mol. The quantitative estimate of drug-likeness (QED) is 0.649. The number of hydrogen-bond donors (Lipinski definition) is 0. The van der Waals surface area contributed by atoms with Gasteiger partial charge in [0, 0.05) is 0 Å². The fourth-order valence-corrected chi connectivity index (χ4v) is 2.63. The predicted octanol–water partition coefficient (Wildman–Crippen LogP) is 5.04. The average molecular weight is 244 g/mol. The van der Waals surface area contributed by atoms with E-state index in [1.54, 1.807) is 6.08 Å². The van der Waals surface area contributed by atoms with Gasteiger partial charge in [-0.05, 0) is 34.2 Å². The van der Waals surface area contributed by atoms with Gasteiger partial charge in [0.2, 0.25) is 0 Å². The first kappa shape index (κ1) is 11.7. The van der Waals surface area contributed by atoms with Crippen LogP contribution in [0.2, 0.25) is 0 Å². The molecule has 1 aliphatic carbocycles. The summed E-state index contributed by atoms with van der Waals surface area (Å²) in [6.45, 7) is 3.71. The molecule has 0 amide bonds. The minimum atomic E-state index is 0.995. The van der Waals surface area contributed by atoms with Gasteiger partial charge in [-0.1, -0.05) is 79.4 Å². The Bertz CT molecular complexity index is 672. The van der Waals surface area contributed by atoms with Crippen molar-refractivity contribution in [2.45, 2.75) is 6.42 Å². The minimum Gasteiger partial charge on any atom is -0.0991 e. The van der Waals surface area contributed by atoms with Crippen LogP contribution in [0.4, 0.5) is 0 Å². The van der Waals surface area contributed by atoms with Gasteiger partial charge in [0.1, 0.15) is 0 Å². The minimum absolute atomic E-state index is 0.995. The third-order valence-corrected chi connectivity index (χ3v) is 3.51. The van der Waals surface area contributed by atoms with Gasteiger partial charge in [0.15, 0.2) is 0 Å². The van der Waals surface area contributed by atoms with Crippen molar-refractivity contribution in [2.75, 3.05) is 0 Å². The smallest absolute Gasteiger partial charge is 0.00135 e. The molecule has 0 spiro atoms. The van der Waals surface area contributed by atoms with Crippen molar-refractivity contribution < 1.29 is 0 Å². The summed E-state index contributed by atoms with van der Waals surface area (Å²) in [5, 5.41) is 0. The van der Waals surface area contributed by atoms with Crippen LogP contribution in [0.25, 0.3) is 16.7 Å². The van der Waals surface area contributed by atoms with Crippen molar-refractivity contribution in [2.24, 2.45) is 0 Å². The van der Waals surface area contributed by atoms with Crippen LogP contribution in [0.1, 0.15) is 11.1 Å². The Morgan fingerprint density at radius 1 is 0.789 bits per heavy atom. The molecule has 0 unspecified atom stereocenters. The van der Waals surface area contributed by atoms with Crippen LogP contribution in [-0.2, 0) is 6.42 Å². The van der Waals surface area contributed by atoms with Crippen LogP contribution < -0.4 is 0 Å². The first-order valence-corrected chi connectivity index (χ1v) is 6.56. The SMILES string of the molecule is C=C/C=C\C=C1/Cc2ccccc2-c2ccccc21. The van der Waals surface area contributed by atoms with E-state index in [0.29, 0.717) is 0 Å². The fourth-order valence-electron chi connectivity index (χ4n) is 2.63. The van der Waals surface area contributed by atoms with Crippen molar-refractivity contribution in [1.82, 2.24) is 0 Å². The van der Waals surface area contributed by atoms with Gasteiger partial charge in [-0.25, -0.2) is 0 Å². The zero-order chi connectivity index (χ0) is 13.1. The van der Waals surface area contributed by atoms with Gasteiger partial charge < -0.3 is 0 Å². The highest BCUT2D eigenvalue weighted by molar-refractivity contribution is 5.88. The standard InChI is InChI=1S/C19H16/c1-2-3-4-9-15-14-16-10-5-6-11-17(16)19-13-8-7-12-18(15)19/h2-13H,1,14H2/b4-3-,15-9+. The Kier molecular flexibility index (Phi) is 3.16. The second-order valence-electron chi connectivity index (χ2n) is 4.69. The van der Waals surface area contributed by atoms with Gasteiger partial charge >= 0.3 is 0 Å². The van der Waals surface area contributed by atoms with E-state index in [2.05, 4.69) is 67.3 Å². The lowest BCUT2D eigenvalue weighted by molar-refractivity contribution is 1.25. The Morgan fingerprint density at radius 2 is 1.47 bits per heavy atom. The number of hydrogen-bond acceptors (Lipinski definition) is 0. The molecule has 0 heterocycles. The zero-order valence-corrected chi connectivity index (χ0v) is 10.8. The third-order valence-electron chi connectivity index (χ3n) is 3.51. The van der Waals surface area contributed by atoms with E-state index in [-0.39, 0.29) is 0 Å². The Labute approximate surface area is 114 Å². The molecule has 0 aliphatic heterocycles. The highest BCUT2D eigenvalue weighted by atomic mass is 14.2. The van der Waals surface area contributed by atoms with Crippen LogP contribution in [0, 0.1) is 0 Å². The van der Waals surface area contributed by atoms with E-state index in [0.717, 1.165) is 6.42 Å². The number of rotatable bonds is 2. The van der Waals surface area contributed by atoms with Gasteiger partial charge in [0.05, 0.1) is 0 Å². The monoisotopic (exact) mass is 244 g/mol. The van der Waals surface area contributed by atoms with E-state index >= 15 is 0 Å². The lowest BCUT2D eigenvalue weighted by Gasteiger charge is -2.22. The number of fused-ring (bicyclic) bond motifs is 3. The first-order valence-electron chi connectivity index (χ1n) is 6.56. The Morgan fingerprint density at radius 3 is 2.26 bits per heavy atom. The molecular formula is C19H16. The second kappa shape index (κ2) is 5.11. The maximum absolute atomic E-state index is 3.71. The van der Waals surface area contributed by atoms with E-state index in [1.807, 2.05) is 6.08 Å². The highest BCUT2D eigenvalue weighted by Gasteiger charge is 2.17. The molecule has 19 heavy (non-hydrogen) atoms. The van der Waals surface area contributed by atoms with E-state index < -0.39 is 0 Å². The number of allylic oxidation sites excluding steroid dienone is 5. The summed E-state index contributed by atoms with van der Waals surface area (Å²) in [5.74, 6) is 0. The Hall–Kier alpha value is -2.34. The molecule has 2 aromatic rings. The van der Waals surface area contributed by atoms with Crippen LogP contribution in [0.5, 0.6) is 0 Å². The molecule has 0 saturated carbocycles. The van der Waals surface area contributed by atoms with Crippen molar-refractivity contribution in [1.29, 1.82) is 0 Å². The van der Waals surface area contributed by atoms with Gasteiger partial charge in [-0.15, -0.1) is 0 Å². The van der Waals surface area contributed by atoms with Crippen LogP contribution in [0.3, 0.4) is 0 Å². The van der Waals surface area contributed by atoms with Crippen molar-refractivity contribution in [3.05, 3.63) is 90.5 Å². The van der Waals surface area contributed by atoms with Gasteiger partial charge in [0.25, 0.3) is 0 Å². The molecule has 0 nitrogen and oxygen atoms in total. The molecule has 0 bridgehead atoms. The summed E-state index contributed by atoms with van der Waals surface area (Å²) in [7, 11) is 0. The molecule has 0 saturated heterocycles. The first-order chi connectivity index (χ1) is 9.40. The molecule has 2 aromatic carbocycles. The molecule has 3 rings (SSSR count). The summed E-state index contributed by atoms with van der Waals surface area (Å²) in [4.78, 5) is 0. The van der Waals surface area contributed by atoms with Crippen LogP contribution >= 0.6 is 0 Å². The summed E-state index contributed by atoms with van der Waals surface area (Å²) in [5.41, 5.74) is 6.81. The molecule has 0 radical (unpaired) electrons. The predicted molar refractivity (Wildman–Crippen MR) is 82.9 cm³/mol. The second-order valence-corrected chi connectivity index (χ2v) is 4.69. The fraction of sp³-hybridized carbons (Fsp3) is 0.0526. The third kappa shape index (κ3) is 2.17. The molecule has 0 aromatic heterocycles. The molecule has 0 heteroatoms. The summed E-state index contributed by atoms with van der Waals surface area (Å²) >= 11 is 0. The molecule has 0 atom stereocenters. The lowest BCUT2D eigenvalue weighted by atomic mass is 9.82. The Balaban J connectivity index is 2.16. The van der Waals surface area contributed by atoms with Crippen molar-refractivity contribution >= 4 is 5.57 Å². The largest absolute Gasteiger partial charge is 0.0991 e. The average Bonchev–Trinajstić information content (AvgIpc) is 2.47. The molecule has 92 valence electrons. The van der Waals surface area contributed by atoms with Crippen LogP contribution in [-0.4, -0.2) is 0 Å². The highest BCUT2D eigenvalue weighted by Crippen LogP contribution is 2.38. The topological polar surface area (TPSA) is 0 Å². The normalized spacial score (nSPS) is 15.3. The molecule has 1 aliphatic rings. The lowest BCUT2D eigenvalue weighted by Crippen LogP contribution is -2.02. The maximum Gasteiger partial charge on any atom is -0.00135 e. The molecule has 0 fully saturated rings. The molecule has 0 N–H and O–H groups in total. The summed E-state index contributed by atoms with van der Waals surface area (Å²) in [6, 6.07) is 17.3. The van der Waals surface area contributed by atoms with E-state index in [4.69, 9.17) is 0 Å². The van der Waals surface area contributed by atoms with Crippen molar-refractivity contribution in [3.8, 4) is 11.1 Å². The number of benzene rings is 2. The van der Waals surface area contributed by atoms with E-state index in [1.165, 1.54) is 27.8 Å². The zero-order valence-electron chi connectivity index (χ0n) is 10.8. The summed E-state index contributed by atoms with van der Waals surface area (Å²) in [6.07, 6.45) is 9.02.